The van der Waals surface area contributed by atoms with Crippen molar-refractivity contribution in [1.29, 1.82) is 0 Å². The van der Waals surface area contributed by atoms with Gasteiger partial charge in [-0.15, -0.1) is 0 Å². The zero-order valence-electron chi connectivity index (χ0n) is 14.3. The van der Waals surface area contributed by atoms with E-state index in [2.05, 4.69) is 10.2 Å². The molecular weight excluding hydrogens is 309 g/mol. The molecule has 2 heterocycles. The summed E-state index contributed by atoms with van der Waals surface area (Å²) in [6.07, 6.45) is 2.08. The van der Waals surface area contributed by atoms with E-state index in [0.717, 1.165) is 57.7 Å². The number of piperidine rings is 1. The van der Waals surface area contributed by atoms with E-state index < -0.39 is 0 Å². The number of amides is 1. The Morgan fingerprint density at radius 2 is 2.12 bits per heavy atom. The van der Waals surface area contributed by atoms with Gasteiger partial charge in [-0.05, 0) is 37.1 Å². The van der Waals surface area contributed by atoms with Crippen molar-refractivity contribution in [2.45, 2.75) is 19.4 Å². The first-order valence-electron chi connectivity index (χ1n) is 8.71. The number of carbonyl (C=O) groups excluding carboxylic acids is 1. The summed E-state index contributed by atoms with van der Waals surface area (Å²) in [5.41, 5.74) is 0.935. The number of hydrogen-bond acceptors (Lipinski definition) is 4. The van der Waals surface area contributed by atoms with Crippen LogP contribution in [0.3, 0.4) is 0 Å². The number of methoxy groups -OCH3 is 1. The van der Waals surface area contributed by atoms with Crippen LogP contribution in [0.5, 0.6) is 5.75 Å². The topological polar surface area (TPSA) is 44.8 Å². The average Bonchev–Trinajstić information content (AvgIpc) is 2.63. The van der Waals surface area contributed by atoms with Crippen molar-refractivity contribution >= 4 is 5.91 Å². The van der Waals surface area contributed by atoms with Crippen LogP contribution >= 0.6 is 0 Å². The van der Waals surface area contributed by atoms with Gasteiger partial charge >= 0.3 is 0 Å². The molecule has 0 aromatic heterocycles. The van der Waals surface area contributed by atoms with Crippen LogP contribution in [0.2, 0.25) is 0 Å². The van der Waals surface area contributed by atoms with E-state index in [9.17, 15) is 9.18 Å². The van der Waals surface area contributed by atoms with Gasteiger partial charge in [0.05, 0.1) is 13.0 Å². The summed E-state index contributed by atoms with van der Waals surface area (Å²) in [5, 5.41) is 3.31. The number of halogens is 1. The SMILES string of the molecule is COc1ccc(CN2CCN(C(=O)C3CCCNC3)CC2)cc1F. The summed E-state index contributed by atoms with van der Waals surface area (Å²) in [6, 6.07) is 5.09. The molecule has 24 heavy (non-hydrogen) atoms. The lowest BCUT2D eigenvalue weighted by Gasteiger charge is -2.37. The second-order valence-electron chi connectivity index (χ2n) is 6.61. The van der Waals surface area contributed by atoms with Crippen molar-refractivity contribution in [3.05, 3.63) is 29.6 Å². The van der Waals surface area contributed by atoms with Crippen molar-refractivity contribution in [2.24, 2.45) is 5.92 Å². The highest BCUT2D eigenvalue weighted by Crippen LogP contribution is 2.20. The monoisotopic (exact) mass is 335 g/mol. The Morgan fingerprint density at radius 3 is 2.75 bits per heavy atom. The molecule has 0 radical (unpaired) electrons. The van der Waals surface area contributed by atoms with E-state index in [0.29, 0.717) is 6.54 Å². The van der Waals surface area contributed by atoms with Gasteiger partial charge in [-0.1, -0.05) is 6.07 Å². The third-order valence-electron chi connectivity index (χ3n) is 4.95. The quantitative estimate of drug-likeness (QED) is 0.905. The van der Waals surface area contributed by atoms with Gasteiger partial charge in [0.1, 0.15) is 0 Å². The lowest BCUT2D eigenvalue weighted by atomic mass is 9.98. The Balaban J connectivity index is 1.49. The van der Waals surface area contributed by atoms with Crippen LogP contribution in [0.15, 0.2) is 18.2 Å². The third kappa shape index (κ3) is 4.05. The fourth-order valence-electron chi connectivity index (χ4n) is 3.51. The maximum Gasteiger partial charge on any atom is 0.227 e. The zero-order chi connectivity index (χ0) is 16.9. The molecule has 3 rings (SSSR count). The summed E-state index contributed by atoms with van der Waals surface area (Å²) in [7, 11) is 1.47. The van der Waals surface area contributed by atoms with Gasteiger partial charge < -0.3 is 15.0 Å². The van der Waals surface area contributed by atoms with Crippen molar-refractivity contribution < 1.29 is 13.9 Å². The molecule has 0 spiro atoms. The Hall–Kier alpha value is -1.66. The molecule has 1 atom stereocenters. The van der Waals surface area contributed by atoms with Crippen LogP contribution in [0.4, 0.5) is 4.39 Å². The first kappa shape index (κ1) is 17.2. The van der Waals surface area contributed by atoms with Crippen LogP contribution < -0.4 is 10.1 Å². The molecule has 1 aromatic rings. The molecule has 2 saturated heterocycles. The smallest absolute Gasteiger partial charge is 0.227 e. The maximum absolute atomic E-state index is 13.8. The largest absolute Gasteiger partial charge is 0.494 e. The number of benzene rings is 1. The minimum absolute atomic E-state index is 0.140. The second kappa shape index (κ2) is 7.94. The van der Waals surface area contributed by atoms with Gasteiger partial charge in [0, 0.05) is 39.3 Å². The summed E-state index contributed by atoms with van der Waals surface area (Å²) in [4.78, 5) is 16.8. The van der Waals surface area contributed by atoms with E-state index in [1.165, 1.54) is 13.2 Å². The number of nitrogens with one attached hydrogen (secondary N) is 1. The molecule has 1 unspecified atom stereocenters. The number of nitrogens with zero attached hydrogens (tertiary/aromatic N) is 2. The summed E-state index contributed by atoms with van der Waals surface area (Å²) in [5.74, 6) is 0.377. The lowest BCUT2D eigenvalue weighted by Crippen LogP contribution is -2.51. The van der Waals surface area contributed by atoms with E-state index in [1.54, 1.807) is 6.07 Å². The van der Waals surface area contributed by atoms with E-state index >= 15 is 0 Å². The van der Waals surface area contributed by atoms with Crippen molar-refractivity contribution in [3.63, 3.8) is 0 Å². The third-order valence-corrected chi connectivity index (χ3v) is 4.95. The first-order chi connectivity index (χ1) is 11.7. The molecule has 0 saturated carbocycles. The zero-order valence-corrected chi connectivity index (χ0v) is 14.3. The molecule has 132 valence electrons. The normalized spacial score (nSPS) is 22.4. The lowest BCUT2D eigenvalue weighted by molar-refractivity contribution is -0.137. The Kier molecular flexibility index (Phi) is 5.68. The number of ether oxygens (including phenoxy) is 1. The van der Waals surface area contributed by atoms with E-state index in [-0.39, 0.29) is 23.4 Å². The van der Waals surface area contributed by atoms with Crippen molar-refractivity contribution in [2.75, 3.05) is 46.4 Å². The molecule has 0 bridgehead atoms. The molecular formula is C18H26FN3O2. The van der Waals surface area contributed by atoms with Crippen LogP contribution in [-0.2, 0) is 11.3 Å². The average molecular weight is 335 g/mol. The van der Waals surface area contributed by atoms with Crippen LogP contribution in [0.1, 0.15) is 18.4 Å². The van der Waals surface area contributed by atoms with E-state index in [1.807, 2.05) is 11.0 Å². The molecule has 1 aromatic carbocycles. The van der Waals surface area contributed by atoms with Gasteiger partial charge in [-0.3, -0.25) is 9.69 Å². The molecule has 5 nitrogen and oxygen atoms in total. The molecule has 2 aliphatic heterocycles. The highest BCUT2D eigenvalue weighted by atomic mass is 19.1. The fourth-order valence-corrected chi connectivity index (χ4v) is 3.51. The van der Waals surface area contributed by atoms with Crippen LogP contribution in [-0.4, -0.2) is 62.1 Å². The van der Waals surface area contributed by atoms with Crippen LogP contribution in [0, 0.1) is 11.7 Å². The summed E-state index contributed by atoms with van der Waals surface area (Å²) in [6.45, 7) is 5.72. The van der Waals surface area contributed by atoms with Gasteiger partial charge in [0.2, 0.25) is 5.91 Å². The number of carbonyl (C=O) groups is 1. The molecule has 2 fully saturated rings. The predicted molar refractivity (Wildman–Crippen MR) is 90.4 cm³/mol. The minimum Gasteiger partial charge on any atom is -0.494 e. The number of hydrogen-bond donors (Lipinski definition) is 1. The van der Waals surface area contributed by atoms with Crippen molar-refractivity contribution in [1.82, 2.24) is 15.1 Å². The molecule has 0 aliphatic carbocycles. The standard InChI is InChI=1S/C18H26FN3O2/c1-24-17-5-4-14(11-16(17)19)13-21-7-9-22(10-8-21)18(23)15-3-2-6-20-12-15/h4-5,11,15,20H,2-3,6-10,12-13H2,1H3. The maximum atomic E-state index is 13.8. The number of piperazine rings is 1. The van der Waals surface area contributed by atoms with Gasteiger partial charge in [0.15, 0.2) is 11.6 Å². The molecule has 2 aliphatic rings. The highest BCUT2D eigenvalue weighted by Gasteiger charge is 2.28. The van der Waals surface area contributed by atoms with E-state index in [4.69, 9.17) is 4.74 Å². The van der Waals surface area contributed by atoms with Gasteiger partial charge in [-0.25, -0.2) is 4.39 Å². The van der Waals surface area contributed by atoms with Gasteiger partial charge in [0.25, 0.3) is 0 Å². The number of rotatable bonds is 4. The Labute approximate surface area is 142 Å². The van der Waals surface area contributed by atoms with Crippen LogP contribution in [0.25, 0.3) is 0 Å². The Morgan fingerprint density at radius 1 is 1.33 bits per heavy atom. The minimum atomic E-state index is -0.325. The summed E-state index contributed by atoms with van der Waals surface area (Å²) >= 11 is 0. The second-order valence-corrected chi connectivity index (χ2v) is 6.61. The summed E-state index contributed by atoms with van der Waals surface area (Å²) < 4.78 is 18.7. The van der Waals surface area contributed by atoms with Gasteiger partial charge in [-0.2, -0.15) is 0 Å². The molecule has 1 N–H and O–H groups in total. The molecule has 1 amide bonds. The predicted octanol–water partition coefficient (Wildman–Crippen LogP) is 1.48. The molecule has 6 heteroatoms. The highest BCUT2D eigenvalue weighted by molar-refractivity contribution is 5.79. The van der Waals surface area contributed by atoms with Crippen molar-refractivity contribution in [3.8, 4) is 5.75 Å². The first-order valence-corrected chi connectivity index (χ1v) is 8.71. The Bertz CT molecular complexity index is 567. The fraction of sp³-hybridized carbons (Fsp3) is 0.611.